The van der Waals surface area contributed by atoms with E-state index in [-0.39, 0.29) is 0 Å². The van der Waals surface area contributed by atoms with E-state index >= 15 is 0 Å². The van der Waals surface area contributed by atoms with Crippen LogP contribution in [0.15, 0.2) is 0 Å². The van der Waals surface area contributed by atoms with Gasteiger partial charge in [-0.2, -0.15) is 0 Å². The van der Waals surface area contributed by atoms with Gasteiger partial charge in [0, 0.05) is 12.1 Å². The Morgan fingerprint density at radius 2 is 1.24 bits per heavy atom. The fourth-order valence-electron chi connectivity index (χ4n) is 6.84. The van der Waals surface area contributed by atoms with Gasteiger partial charge in [0.2, 0.25) is 0 Å². The van der Waals surface area contributed by atoms with Crippen molar-refractivity contribution in [2.45, 2.75) is 168 Å². The zero-order chi connectivity index (χ0) is 23.8. The lowest BCUT2D eigenvalue weighted by atomic mass is 9.55. The Hall–Kier alpha value is -0.0800. The van der Waals surface area contributed by atoms with Crippen LogP contribution in [-0.4, -0.2) is 37.1 Å². The monoisotopic (exact) mass is 462 g/mol. The van der Waals surface area contributed by atoms with E-state index in [1.54, 1.807) is 0 Å². The topological polar surface area (TPSA) is 15.3 Å². The molecule has 2 fully saturated rings. The quantitative estimate of drug-likeness (QED) is 0.181. The Kier molecular flexibility index (Phi) is 15.3. The lowest BCUT2D eigenvalue weighted by molar-refractivity contribution is -0.00943. The molecule has 0 saturated heterocycles. The van der Waals surface area contributed by atoms with E-state index in [2.05, 4.69) is 38.0 Å². The smallest absolute Gasteiger partial charge is 0.00926 e. The largest absolute Gasteiger partial charge is 0.314 e. The van der Waals surface area contributed by atoms with Crippen molar-refractivity contribution in [3.05, 3.63) is 0 Å². The second-order valence-electron chi connectivity index (χ2n) is 12.2. The summed E-state index contributed by atoms with van der Waals surface area (Å²) in [5.74, 6) is 0.964. The Morgan fingerprint density at radius 3 is 1.82 bits per heavy atom. The standard InChI is InChI=1S/C31H62N2/c1-5-8-11-14-16-19-29(18-15-12-9-6-2)32-27-28-25-31(26-28)22-20-30(21-23-31)33(4)24-17-13-10-7-3/h28-30,32H,5-27H2,1-4H3/t28-,29?,30-,31?. The van der Waals surface area contributed by atoms with Crippen LogP contribution in [0.25, 0.3) is 0 Å². The van der Waals surface area contributed by atoms with Crippen molar-refractivity contribution >= 4 is 0 Å². The van der Waals surface area contributed by atoms with Gasteiger partial charge < -0.3 is 10.2 Å². The van der Waals surface area contributed by atoms with Crippen molar-refractivity contribution in [3.63, 3.8) is 0 Å². The Balaban J connectivity index is 1.61. The molecule has 2 heteroatoms. The molecule has 33 heavy (non-hydrogen) atoms. The highest BCUT2D eigenvalue weighted by molar-refractivity contribution is 4.98. The van der Waals surface area contributed by atoms with Crippen molar-refractivity contribution in [2.75, 3.05) is 20.1 Å². The minimum absolute atomic E-state index is 0.739. The summed E-state index contributed by atoms with van der Waals surface area (Å²) in [6.07, 6.45) is 30.1. The van der Waals surface area contributed by atoms with Crippen LogP contribution in [0, 0.1) is 11.3 Å². The first-order valence-corrected chi connectivity index (χ1v) is 15.6. The summed E-state index contributed by atoms with van der Waals surface area (Å²) in [7, 11) is 2.39. The summed E-state index contributed by atoms with van der Waals surface area (Å²) in [5, 5.41) is 4.06. The van der Waals surface area contributed by atoms with Gasteiger partial charge in [0.15, 0.2) is 0 Å². The molecule has 0 aliphatic heterocycles. The molecule has 2 aliphatic carbocycles. The van der Waals surface area contributed by atoms with E-state index in [0.717, 1.165) is 23.4 Å². The lowest BCUT2D eigenvalue weighted by Gasteiger charge is -2.53. The zero-order valence-electron chi connectivity index (χ0n) is 23.4. The Morgan fingerprint density at radius 1 is 0.727 bits per heavy atom. The number of nitrogens with zero attached hydrogens (tertiary/aromatic N) is 1. The van der Waals surface area contributed by atoms with E-state index in [0.29, 0.717) is 0 Å². The van der Waals surface area contributed by atoms with Gasteiger partial charge in [-0.15, -0.1) is 0 Å². The third-order valence-electron chi connectivity index (χ3n) is 9.20. The lowest BCUT2D eigenvalue weighted by Crippen LogP contribution is -2.48. The number of hydrogen-bond acceptors (Lipinski definition) is 2. The van der Waals surface area contributed by atoms with Crippen molar-refractivity contribution in [1.29, 1.82) is 0 Å². The first-order chi connectivity index (χ1) is 16.1. The van der Waals surface area contributed by atoms with Crippen LogP contribution >= 0.6 is 0 Å². The second-order valence-corrected chi connectivity index (χ2v) is 12.2. The molecule has 2 saturated carbocycles. The molecule has 0 amide bonds. The first-order valence-electron chi connectivity index (χ1n) is 15.6. The molecule has 196 valence electrons. The zero-order valence-corrected chi connectivity index (χ0v) is 23.4. The van der Waals surface area contributed by atoms with Crippen molar-refractivity contribution in [1.82, 2.24) is 10.2 Å². The number of nitrogens with one attached hydrogen (secondary N) is 1. The van der Waals surface area contributed by atoms with Crippen LogP contribution in [0.2, 0.25) is 0 Å². The van der Waals surface area contributed by atoms with Crippen LogP contribution < -0.4 is 5.32 Å². The summed E-state index contributed by atoms with van der Waals surface area (Å²) in [6.45, 7) is 9.59. The van der Waals surface area contributed by atoms with E-state index in [4.69, 9.17) is 0 Å². The molecule has 0 aromatic carbocycles. The maximum Gasteiger partial charge on any atom is 0.00926 e. The number of hydrogen-bond donors (Lipinski definition) is 1. The van der Waals surface area contributed by atoms with Crippen LogP contribution in [0.3, 0.4) is 0 Å². The minimum Gasteiger partial charge on any atom is -0.314 e. The van der Waals surface area contributed by atoms with Gasteiger partial charge in [0.25, 0.3) is 0 Å². The maximum atomic E-state index is 4.06. The van der Waals surface area contributed by atoms with Gasteiger partial charge in [-0.05, 0) is 89.3 Å². The third-order valence-corrected chi connectivity index (χ3v) is 9.20. The predicted molar refractivity (Wildman–Crippen MR) is 148 cm³/mol. The molecule has 1 atom stereocenters. The molecule has 0 aromatic rings. The van der Waals surface area contributed by atoms with Crippen LogP contribution in [0.4, 0.5) is 0 Å². The molecule has 2 rings (SSSR count). The molecule has 1 spiro atoms. The third kappa shape index (κ3) is 11.5. The second kappa shape index (κ2) is 17.4. The minimum atomic E-state index is 0.739. The van der Waals surface area contributed by atoms with Gasteiger partial charge in [-0.1, -0.05) is 97.8 Å². The molecule has 0 radical (unpaired) electrons. The average Bonchev–Trinajstić information content (AvgIpc) is 2.81. The molecule has 1 N–H and O–H groups in total. The Bertz CT molecular complexity index is 446. The van der Waals surface area contributed by atoms with Gasteiger partial charge in [0.1, 0.15) is 0 Å². The van der Waals surface area contributed by atoms with Crippen molar-refractivity contribution in [3.8, 4) is 0 Å². The van der Waals surface area contributed by atoms with Crippen LogP contribution in [-0.2, 0) is 0 Å². The van der Waals surface area contributed by atoms with Gasteiger partial charge in [-0.3, -0.25) is 0 Å². The fraction of sp³-hybridized carbons (Fsp3) is 1.00. The summed E-state index contributed by atoms with van der Waals surface area (Å²) in [6, 6.07) is 1.66. The van der Waals surface area contributed by atoms with Crippen molar-refractivity contribution in [2.24, 2.45) is 11.3 Å². The highest BCUT2D eigenvalue weighted by Crippen LogP contribution is 2.55. The molecular weight excluding hydrogens is 400 g/mol. The summed E-state index contributed by atoms with van der Waals surface area (Å²) in [4.78, 5) is 2.70. The van der Waals surface area contributed by atoms with E-state index in [1.165, 1.54) is 148 Å². The molecule has 2 aliphatic rings. The summed E-state index contributed by atoms with van der Waals surface area (Å²) < 4.78 is 0. The van der Waals surface area contributed by atoms with Crippen LogP contribution in [0.1, 0.15) is 156 Å². The van der Waals surface area contributed by atoms with E-state index in [1.807, 2.05) is 0 Å². The van der Waals surface area contributed by atoms with Gasteiger partial charge in [-0.25, -0.2) is 0 Å². The molecule has 2 nitrogen and oxygen atoms in total. The molecular formula is C31H62N2. The fourth-order valence-corrected chi connectivity index (χ4v) is 6.84. The molecule has 0 heterocycles. The normalized spacial score (nSPS) is 26.1. The van der Waals surface area contributed by atoms with Gasteiger partial charge >= 0.3 is 0 Å². The molecule has 0 bridgehead atoms. The number of rotatable bonds is 20. The maximum absolute atomic E-state index is 4.06. The highest BCUT2D eigenvalue weighted by atomic mass is 15.1. The van der Waals surface area contributed by atoms with Crippen molar-refractivity contribution < 1.29 is 0 Å². The summed E-state index contributed by atoms with van der Waals surface area (Å²) in [5.41, 5.74) is 0.739. The Labute approximate surface area is 209 Å². The van der Waals surface area contributed by atoms with Crippen LogP contribution in [0.5, 0.6) is 0 Å². The molecule has 1 unspecified atom stereocenters. The SMILES string of the molecule is CCCCCCCC(CCCCCC)NC[C@H]1CC2(CC[C@H](N(C)CCCCCC)CC2)C1. The first kappa shape index (κ1) is 29.2. The van der Waals surface area contributed by atoms with E-state index < -0.39 is 0 Å². The number of unbranched alkanes of at least 4 members (excludes halogenated alkanes) is 10. The predicted octanol–water partition coefficient (Wildman–Crippen LogP) is 9.13. The van der Waals surface area contributed by atoms with Gasteiger partial charge in [0.05, 0.1) is 0 Å². The average molecular weight is 463 g/mol. The highest BCUT2D eigenvalue weighted by Gasteiger charge is 2.46. The van der Waals surface area contributed by atoms with E-state index in [9.17, 15) is 0 Å². The molecule has 0 aromatic heterocycles. The summed E-state index contributed by atoms with van der Waals surface area (Å²) >= 11 is 0.